The molecular weight excluding hydrogens is 402 g/mol. The number of rotatable bonds is 3. The van der Waals surface area contributed by atoms with Crippen molar-refractivity contribution >= 4 is 34.4 Å². The van der Waals surface area contributed by atoms with E-state index in [0.717, 1.165) is 16.8 Å². The molecule has 1 aliphatic rings. The van der Waals surface area contributed by atoms with E-state index < -0.39 is 0 Å². The Morgan fingerprint density at radius 3 is 2.60 bits per heavy atom. The van der Waals surface area contributed by atoms with Crippen LogP contribution in [0.25, 0.3) is 11.2 Å². The van der Waals surface area contributed by atoms with Gasteiger partial charge in [-0.2, -0.15) is 4.98 Å². The van der Waals surface area contributed by atoms with Crippen molar-refractivity contribution in [3.05, 3.63) is 85.5 Å². The van der Waals surface area contributed by atoms with Gasteiger partial charge in [0.05, 0.1) is 6.54 Å². The van der Waals surface area contributed by atoms with Crippen LogP contribution in [0.1, 0.15) is 11.1 Å². The number of anilines is 2. The van der Waals surface area contributed by atoms with E-state index in [1.165, 1.54) is 9.13 Å². The van der Waals surface area contributed by atoms with Crippen LogP contribution in [0.5, 0.6) is 0 Å². The highest BCUT2D eigenvalue weighted by Gasteiger charge is 2.29. The monoisotopic (exact) mass is 421 g/mol. The van der Waals surface area contributed by atoms with Gasteiger partial charge in [-0.1, -0.05) is 48.0 Å². The molecule has 7 nitrogen and oxygen atoms in total. The molecule has 0 N–H and O–H groups in total. The second-order valence-corrected chi connectivity index (χ2v) is 7.97. The maximum atomic E-state index is 13.3. The van der Waals surface area contributed by atoms with Crippen LogP contribution < -0.4 is 16.1 Å². The predicted molar refractivity (Wildman–Crippen MR) is 118 cm³/mol. The predicted octanol–water partition coefficient (Wildman–Crippen LogP) is 3.06. The van der Waals surface area contributed by atoms with Crippen LogP contribution in [0.3, 0.4) is 0 Å². The van der Waals surface area contributed by atoms with E-state index in [0.29, 0.717) is 35.2 Å². The quantitative estimate of drug-likeness (QED) is 0.510. The number of hydrogen-bond donors (Lipinski definition) is 0. The molecule has 0 atom stereocenters. The normalized spacial score (nSPS) is 13.2. The third kappa shape index (κ3) is 2.77. The van der Waals surface area contributed by atoms with Gasteiger partial charge in [-0.05, 0) is 30.2 Å². The number of imidazole rings is 1. The summed E-state index contributed by atoms with van der Waals surface area (Å²) in [5, 5.41) is 0.641. The lowest BCUT2D eigenvalue weighted by molar-refractivity contribution is 0.652. The molecule has 3 heterocycles. The molecule has 0 aliphatic carbocycles. The highest BCUT2D eigenvalue weighted by atomic mass is 35.5. The molecule has 0 radical (unpaired) electrons. The minimum absolute atomic E-state index is 0.222. The van der Waals surface area contributed by atoms with Gasteiger partial charge in [0, 0.05) is 30.8 Å². The van der Waals surface area contributed by atoms with Gasteiger partial charge < -0.3 is 9.47 Å². The summed E-state index contributed by atoms with van der Waals surface area (Å²) in [6.07, 6.45) is 0. The zero-order chi connectivity index (χ0) is 21.0. The summed E-state index contributed by atoms with van der Waals surface area (Å²) in [6, 6.07) is 15.2. The van der Waals surface area contributed by atoms with E-state index in [-0.39, 0.29) is 17.8 Å². The summed E-state index contributed by atoms with van der Waals surface area (Å²) < 4.78 is 4.63. The van der Waals surface area contributed by atoms with Gasteiger partial charge in [0.2, 0.25) is 5.95 Å². The van der Waals surface area contributed by atoms with E-state index in [1.54, 1.807) is 7.05 Å². The topological polar surface area (TPSA) is 65.1 Å². The zero-order valence-electron chi connectivity index (χ0n) is 16.7. The fourth-order valence-electron chi connectivity index (χ4n) is 4.08. The molecule has 2 aromatic carbocycles. The molecule has 152 valence electrons. The number of hydrogen-bond acceptors (Lipinski definition) is 4. The number of aryl methyl sites for hydroxylation is 2. The van der Waals surface area contributed by atoms with Crippen LogP contribution >= 0.6 is 11.6 Å². The minimum Gasteiger partial charge on any atom is -0.310 e. The fraction of sp³-hybridized carbons (Fsp3) is 0.227. The van der Waals surface area contributed by atoms with Crippen LogP contribution in [0.15, 0.2) is 58.1 Å². The summed E-state index contributed by atoms with van der Waals surface area (Å²) in [4.78, 5) is 33.0. The lowest BCUT2D eigenvalue weighted by atomic mass is 10.2. The maximum absolute atomic E-state index is 13.3. The summed E-state index contributed by atoms with van der Waals surface area (Å²) in [7, 11) is 1.66. The molecule has 5 rings (SSSR count). The second-order valence-electron chi connectivity index (χ2n) is 7.54. The largest absolute Gasteiger partial charge is 0.332 e. The maximum Gasteiger partial charge on any atom is 0.332 e. The number of fused-ring (bicyclic) bond motifs is 3. The van der Waals surface area contributed by atoms with Crippen LogP contribution in [-0.4, -0.2) is 25.2 Å². The molecule has 0 unspecified atom stereocenters. The Hall–Kier alpha value is -3.32. The van der Waals surface area contributed by atoms with Crippen molar-refractivity contribution in [2.45, 2.75) is 20.0 Å². The van der Waals surface area contributed by atoms with Crippen molar-refractivity contribution < 1.29 is 0 Å². The molecule has 0 spiro atoms. The molecule has 4 aromatic rings. The summed E-state index contributed by atoms with van der Waals surface area (Å²) >= 11 is 6.22. The standard InChI is InChI=1S/C22H20ClN5O2/c1-14-8-9-16(23)12-17(14)26-10-11-27-18-19(24-21(26)27)25(2)22(30)28(20(18)29)13-15-6-4-3-5-7-15/h3-9,12H,10-11,13H2,1-2H3. The minimum atomic E-state index is -0.376. The van der Waals surface area contributed by atoms with Gasteiger partial charge in [0.1, 0.15) is 0 Å². The number of aromatic nitrogens is 4. The first-order valence-electron chi connectivity index (χ1n) is 9.73. The summed E-state index contributed by atoms with van der Waals surface area (Å²) in [5.74, 6) is 0.653. The zero-order valence-corrected chi connectivity index (χ0v) is 17.4. The molecular formula is C22H20ClN5O2. The Labute approximate surface area is 177 Å². The van der Waals surface area contributed by atoms with E-state index in [2.05, 4.69) is 4.98 Å². The van der Waals surface area contributed by atoms with E-state index >= 15 is 0 Å². The van der Waals surface area contributed by atoms with Crippen LogP contribution in [-0.2, 0) is 20.1 Å². The number of benzene rings is 2. The average Bonchev–Trinajstić information content (AvgIpc) is 3.32. The highest BCUT2D eigenvalue weighted by Crippen LogP contribution is 2.34. The SMILES string of the molecule is Cc1ccc(Cl)cc1N1CCn2c1nc1c2c(=O)n(Cc2ccccc2)c(=O)n1C. The first kappa shape index (κ1) is 18.7. The fourth-order valence-corrected chi connectivity index (χ4v) is 4.25. The Morgan fingerprint density at radius 2 is 1.83 bits per heavy atom. The van der Waals surface area contributed by atoms with E-state index in [4.69, 9.17) is 11.6 Å². The Morgan fingerprint density at radius 1 is 1.07 bits per heavy atom. The van der Waals surface area contributed by atoms with Gasteiger partial charge in [0.15, 0.2) is 11.2 Å². The molecule has 0 saturated heterocycles. The van der Waals surface area contributed by atoms with Gasteiger partial charge in [0.25, 0.3) is 5.56 Å². The van der Waals surface area contributed by atoms with Crippen LogP contribution in [0.4, 0.5) is 11.6 Å². The first-order valence-corrected chi connectivity index (χ1v) is 10.1. The van der Waals surface area contributed by atoms with E-state index in [9.17, 15) is 9.59 Å². The molecule has 0 amide bonds. The number of halogens is 1. The van der Waals surface area contributed by atoms with Crippen molar-refractivity contribution in [2.24, 2.45) is 7.05 Å². The van der Waals surface area contributed by atoms with E-state index in [1.807, 2.05) is 64.9 Å². The van der Waals surface area contributed by atoms with Crippen molar-refractivity contribution in [1.29, 1.82) is 0 Å². The highest BCUT2D eigenvalue weighted by molar-refractivity contribution is 6.30. The second kappa shape index (κ2) is 6.88. The first-order chi connectivity index (χ1) is 14.5. The van der Waals surface area contributed by atoms with Crippen molar-refractivity contribution in [3.8, 4) is 0 Å². The lowest BCUT2D eigenvalue weighted by Crippen LogP contribution is -2.40. The average molecular weight is 422 g/mol. The summed E-state index contributed by atoms with van der Waals surface area (Å²) in [6.45, 7) is 3.52. The Balaban J connectivity index is 1.70. The number of nitrogens with zero attached hydrogens (tertiary/aromatic N) is 5. The molecule has 30 heavy (non-hydrogen) atoms. The van der Waals surface area contributed by atoms with Gasteiger partial charge in [-0.15, -0.1) is 0 Å². The molecule has 1 aliphatic heterocycles. The molecule has 8 heteroatoms. The Kier molecular flexibility index (Phi) is 4.29. The molecule has 0 fully saturated rings. The van der Waals surface area contributed by atoms with Crippen molar-refractivity contribution in [1.82, 2.24) is 18.7 Å². The van der Waals surface area contributed by atoms with Gasteiger partial charge >= 0.3 is 5.69 Å². The molecule has 0 saturated carbocycles. The van der Waals surface area contributed by atoms with Crippen LogP contribution in [0, 0.1) is 6.92 Å². The third-order valence-electron chi connectivity index (χ3n) is 5.65. The lowest BCUT2D eigenvalue weighted by Gasteiger charge is -2.18. The Bertz CT molecular complexity index is 1400. The third-order valence-corrected chi connectivity index (χ3v) is 5.88. The summed E-state index contributed by atoms with van der Waals surface area (Å²) in [5.41, 5.74) is 3.06. The van der Waals surface area contributed by atoms with Crippen molar-refractivity contribution in [2.75, 3.05) is 11.4 Å². The molecule has 2 aromatic heterocycles. The van der Waals surface area contributed by atoms with Gasteiger partial charge in [-0.25, -0.2) is 4.79 Å². The van der Waals surface area contributed by atoms with Gasteiger partial charge in [-0.3, -0.25) is 13.9 Å². The smallest absolute Gasteiger partial charge is 0.310 e. The van der Waals surface area contributed by atoms with Crippen molar-refractivity contribution in [3.63, 3.8) is 0 Å². The van der Waals surface area contributed by atoms with Crippen LogP contribution in [0.2, 0.25) is 5.02 Å². The molecule has 0 bridgehead atoms.